The Bertz CT molecular complexity index is 1240. The van der Waals surface area contributed by atoms with E-state index in [1.807, 2.05) is 6.08 Å². The first-order valence-corrected chi connectivity index (χ1v) is 13.0. The number of aromatic hydroxyl groups is 1. The summed E-state index contributed by atoms with van der Waals surface area (Å²) in [6, 6.07) is 4.77. The number of imide groups is 2. The third kappa shape index (κ3) is 3.02. The van der Waals surface area contributed by atoms with E-state index in [2.05, 4.69) is 15.9 Å². The summed E-state index contributed by atoms with van der Waals surface area (Å²) in [6.07, 6.45) is 2.08. The average Bonchev–Trinajstić information content (AvgIpc) is 3.11. The second-order valence-corrected chi connectivity index (χ2v) is 13.0. The summed E-state index contributed by atoms with van der Waals surface area (Å²) in [6.45, 7) is 5.41. The van der Waals surface area contributed by atoms with Gasteiger partial charge in [-0.05, 0) is 57.7 Å². The van der Waals surface area contributed by atoms with Crippen LogP contribution in [0, 0.1) is 17.8 Å². The molecule has 1 saturated carbocycles. The minimum absolute atomic E-state index is 0.0672. The van der Waals surface area contributed by atoms with Crippen LogP contribution in [0.2, 0.25) is 0 Å². The van der Waals surface area contributed by atoms with Crippen LogP contribution in [0.15, 0.2) is 34.3 Å². The van der Waals surface area contributed by atoms with Gasteiger partial charge in [-0.1, -0.05) is 27.6 Å². The molecule has 186 valence electrons. The molecule has 5 rings (SSSR count). The van der Waals surface area contributed by atoms with Crippen molar-refractivity contribution in [3.8, 4) is 5.75 Å². The van der Waals surface area contributed by atoms with Gasteiger partial charge in [0.15, 0.2) is 9.75 Å². The molecule has 7 nitrogen and oxygen atoms in total. The number of likely N-dealkylation sites (tertiary alicyclic amines) is 2. The van der Waals surface area contributed by atoms with Crippen molar-refractivity contribution >= 4 is 62.8 Å². The number of fused-ring (bicyclic) bond motifs is 4. The number of allylic oxidation sites excluding steroid dienone is 2. The van der Waals surface area contributed by atoms with Crippen molar-refractivity contribution in [3.63, 3.8) is 0 Å². The number of phenolic OH excluding ortho intramolecular Hbond substituents is 1. The van der Waals surface area contributed by atoms with E-state index < -0.39 is 50.8 Å². The molecule has 1 aromatic rings. The van der Waals surface area contributed by atoms with E-state index in [0.29, 0.717) is 22.0 Å². The lowest BCUT2D eigenvalue weighted by molar-refractivity contribution is -0.146. The number of phenols is 1. The number of halogens is 3. The van der Waals surface area contributed by atoms with Gasteiger partial charge in [-0.15, -0.1) is 23.2 Å². The molecule has 3 fully saturated rings. The van der Waals surface area contributed by atoms with Crippen LogP contribution in [0.5, 0.6) is 5.75 Å². The topological polar surface area (TPSA) is 95.0 Å². The Morgan fingerprint density at radius 1 is 1.06 bits per heavy atom. The van der Waals surface area contributed by atoms with Crippen molar-refractivity contribution in [2.45, 2.75) is 54.8 Å². The van der Waals surface area contributed by atoms with Gasteiger partial charge in [0.1, 0.15) is 5.75 Å². The smallest absolute Gasteiger partial charge is 0.253 e. The van der Waals surface area contributed by atoms with Crippen LogP contribution in [0.25, 0.3) is 0 Å². The van der Waals surface area contributed by atoms with E-state index >= 15 is 0 Å². The number of carbonyl (C=O) groups excluding carboxylic acids is 4. The fraction of sp³-hybridized carbons (Fsp3) is 0.520. The van der Waals surface area contributed by atoms with Crippen molar-refractivity contribution in [3.05, 3.63) is 39.9 Å². The first kappa shape index (κ1) is 24.8. The monoisotopic (exact) mass is 582 g/mol. The molecule has 1 aromatic carbocycles. The zero-order valence-corrected chi connectivity index (χ0v) is 22.7. The number of benzene rings is 1. The molecule has 2 aliphatic carbocycles. The van der Waals surface area contributed by atoms with Gasteiger partial charge in [0.25, 0.3) is 11.8 Å². The zero-order valence-electron chi connectivity index (χ0n) is 19.6. The Labute approximate surface area is 221 Å². The summed E-state index contributed by atoms with van der Waals surface area (Å²) < 4.78 is 0.637. The fourth-order valence-corrected chi connectivity index (χ4v) is 7.90. The maximum Gasteiger partial charge on any atom is 0.253 e. The van der Waals surface area contributed by atoms with Crippen molar-refractivity contribution in [2.75, 3.05) is 7.05 Å². The van der Waals surface area contributed by atoms with Gasteiger partial charge in [-0.25, -0.2) is 0 Å². The fourth-order valence-electron chi connectivity index (χ4n) is 6.51. The maximum absolute atomic E-state index is 13.7. The first-order chi connectivity index (χ1) is 16.2. The van der Waals surface area contributed by atoms with Gasteiger partial charge in [0, 0.05) is 28.5 Å². The summed E-state index contributed by atoms with van der Waals surface area (Å²) in [5.41, 5.74) is 0.269. The summed E-state index contributed by atoms with van der Waals surface area (Å²) in [7, 11) is 1.33. The highest BCUT2D eigenvalue weighted by atomic mass is 79.9. The van der Waals surface area contributed by atoms with Gasteiger partial charge in [0.2, 0.25) is 11.8 Å². The molecular formula is C25H25BrCl2N2O5. The molecule has 0 bridgehead atoms. The van der Waals surface area contributed by atoms with E-state index in [1.54, 1.807) is 32.9 Å². The lowest BCUT2D eigenvalue weighted by Gasteiger charge is -2.50. The van der Waals surface area contributed by atoms with Crippen LogP contribution < -0.4 is 0 Å². The minimum Gasteiger partial charge on any atom is -0.508 e. The highest BCUT2D eigenvalue weighted by Crippen LogP contribution is 2.66. The lowest BCUT2D eigenvalue weighted by atomic mass is 9.56. The second-order valence-electron chi connectivity index (χ2n) is 10.9. The molecular weight excluding hydrogens is 559 g/mol. The number of amides is 4. The predicted molar refractivity (Wildman–Crippen MR) is 133 cm³/mol. The van der Waals surface area contributed by atoms with E-state index in [1.165, 1.54) is 18.0 Å². The Morgan fingerprint density at radius 3 is 2.34 bits per heavy atom. The number of hydrogen-bond donors (Lipinski definition) is 1. The normalized spacial score (nSPS) is 36.8. The zero-order chi connectivity index (χ0) is 25.8. The molecule has 2 aliphatic heterocycles. The van der Waals surface area contributed by atoms with Gasteiger partial charge in [-0.3, -0.25) is 29.0 Å². The largest absolute Gasteiger partial charge is 0.508 e. The summed E-state index contributed by atoms with van der Waals surface area (Å²) in [5.74, 6) is -4.88. The number of nitrogens with zero attached hydrogens (tertiary/aromatic N) is 2. The third-order valence-electron chi connectivity index (χ3n) is 7.99. The van der Waals surface area contributed by atoms with Crippen LogP contribution in [-0.2, 0) is 19.2 Å². The van der Waals surface area contributed by atoms with Crippen molar-refractivity contribution in [1.29, 1.82) is 0 Å². The van der Waals surface area contributed by atoms with E-state index in [0.717, 1.165) is 4.90 Å². The van der Waals surface area contributed by atoms with Crippen molar-refractivity contribution in [1.82, 2.24) is 9.80 Å². The van der Waals surface area contributed by atoms with Gasteiger partial charge in [-0.2, -0.15) is 0 Å². The molecule has 4 aliphatic rings. The summed E-state index contributed by atoms with van der Waals surface area (Å²) in [5, 5.41) is 10.9. The third-order valence-corrected chi connectivity index (χ3v) is 9.89. The number of alkyl halides is 2. The SMILES string of the molecule is CN1C(=O)[C@]2(Cl)C[C@@H]3C(=CC[C@@H]4C(=O)N(C(C)(C)C)C(=O)[C@@H]43)[C@H](c3cc(Br)ccc3O)[C@]2(Cl)C1=O. The molecule has 0 spiro atoms. The summed E-state index contributed by atoms with van der Waals surface area (Å²) >= 11 is 17.6. The molecule has 0 radical (unpaired) electrons. The lowest BCUT2D eigenvalue weighted by Crippen LogP contribution is -2.60. The van der Waals surface area contributed by atoms with E-state index in [-0.39, 0.29) is 24.0 Å². The van der Waals surface area contributed by atoms with Crippen LogP contribution in [0.1, 0.15) is 45.1 Å². The molecule has 0 unspecified atom stereocenters. The molecule has 2 heterocycles. The van der Waals surface area contributed by atoms with Gasteiger partial charge in [0.05, 0.1) is 11.8 Å². The Hall–Kier alpha value is -1.90. The first-order valence-electron chi connectivity index (χ1n) is 11.4. The highest BCUT2D eigenvalue weighted by molar-refractivity contribution is 9.10. The molecule has 4 amide bonds. The Kier molecular flexibility index (Phi) is 5.35. The molecule has 6 atom stereocenters. The molecule has 1 N–H and O–H groups in total. The van der Waals surface area contributed by atoms with Crippen molar-refractivity contribution < 1.29 is 24.3 Å². The minimum atomic E-state index is -1.91. The van der Waals surface area contributed by atoms with Crippen LogP contribution >= 0.6 is 39.1 Å². The Balaban J connectivity index is 1.75. The number of rotatable bonds is 1. The second kappa shape index (κ2) is 7.56. The van der Waals surface area contributed by atoms with Crippen LogP contribution in [0.3, 0.4) is 0 Å². The van der Waals surface area contributed by atoms with E-state index in [4.69, 9.17) is 23.2 Å². The predicted octanol–water partition coefficient (Wildman–Crippen LogP) is 3.94. The number of hydrogen-bond acceptors (Lipinski definition) is 5. The highest BCUT2D eigenvalue weighted by Gasteiger charge is 2.76. The van der Waals surface area contributed by atoms with Crippen LogP contribution in [0.4, 0.5) is 0 Å². The molecule has 35 heavy (non-hydrogen) atoms. The van der Waals surface area contributed by atoms with Gasteiger partial charge < -0.3 is 5.11 Å². The number of carbonyl (C=O) groups is 4. The molecule has 10 heteroatoms. The quantitative estimate of drug-likeness (QED) is 0.307. The van der Waals surface area contributed by atoms with Crippen LogP contribution in [-0.4, -0.2) is 60.9 Å². The average molecular weight is 584 g/mol. The standard InChI is InChI=1S/C25H25BrCl2N2O5/c1-23(2,3)30-19(32)13-7-6-12-15(17(13)20(30)33)10-24(27)21(34)29(4)22(35)25(24,28)18(12)14-9-11(26)5-8-16(14)31/h5-6,8-9,13,15,17-18,31H,7,10H2,1-4H3/t13-,15+,17-,18+,24+,25-/m0/s1. The molecule has 2 saturated heterocycles. The van der Waals surface area contributed by atoms with E-state index in [9.17, 15) is 24.3 Å². The Morgan fingerprint density at radius 2 is 1.71 bits per heavy atom. The maximum atomic E-state index is 13.7. The molecule has 0 aromatic heterocycles. The van der Waals surface area contributed by atoms with Gasteiger partial charge >= 0.3 is 0 Å². The summed E-state index contributed by atoms with van der Waals surface area (Å²) in [4.78, 5) is 52.3. The van der Waals surface area contributed by atoms with Crippen molar-refractivity contribution in [2.24, 2.45) is 17.8 Å².